The first-order valence-electron chi connectivity index (χ1n) is 8.42. The van der Waals surface area contributed by atoms with Crippen LogP contribution in [0.25, 0.3) is 0 Å². The van der Waals surface area contributed by atoms with Gasteiger partial charge in [0.1, 0.15) is 10.6 Å². The second-order valence-corrected chi connectivity index (χ2v) is 8.60. The average Bonchev–Trinajstić information content (AvgIpc) is 2.76. The monoisotopic (exact) mass is 339 g/mol. The van der Waals surface area contributed by atoms with E-state index >= 15 is 0 Å². The molecular formula is C16H25N3O3S. The van der Waals surface area contributed by atoms with Crippen molar-refractivity contribution in [3.8, 4) is 0 Å². The van der Waals surface area contributed by atoms with E-state index in [-0.39, 0.29) is 16.8 Å². The van der Waals surface area contributed by atoms with Gasteiger partial charge in [0.15, 0.2) is 0 Å². The number of aromatic nitrogens is 1. The molecule has 23 heavy (non-hydrogen) atoms. The van der Waals surface area contributed by atoms with Gasteiger partial charge in [-0.05, 0) is 32.8 Å². The molecule has 1 aromatic heterocycles. The first-order chi connectivity index (χ1) is 10.9. The minimum atomic E-state index is -3.50. The van der Waals surface area contributed by atoms with Crippen molar-refractivity contribution in [2.24, 2.45) is 0 Å². The molecule has 1 amide bonds. The molecule has 7 heteroatoms. The van der Waals surface area contributed by atoms with Gasteiger partial charge in [-0.15, -0.1) is 0 Å². The Balaban J connectivity index is 1.90. The van der Waals surface area contributed by atoms with Crippen molar-refractivity contribution in [3.05, 3.63) is 18.0 Å². The summed E-state index contributed by atoms with van der Waals surface area (Å²) in [6.45, 7) is 6.39. The van der Waals surface area contributed by atoms with Crippen LogP contribution in [0, 0.1) is 0 Å². The molecule has 1 saturated heterocycles. The summed E-state index contributed by atoms with van der Waals surface area (Å²) in [4.78, 5) is 14.6. The third kappa shape index (κ3) is 3.04. The van der Waals surface area contributed by atoms with Crippen LogP contribution in [0.1, 0.15) is 50.0 Å². The molecule has 0 saturated carbocycles. The third-order valence-corrected chi connectivity index (χ3v) is 6.62. The van der Waals surface area contributed by atoms with Gasteiger partial charge >= 0.3 is 0 Å². The Morgan fingerprint density at radius 1 is 1.00 bits per heavy atom. The van der Waals surface area contributed by atoms with Crippen LogP contribution in [0.4, 0.5) is 0 Å². The summed E-state index contributed by atoms with van der Waals surface area (Å²) < 4.78 is 29.1. The molecule has 0 aliphatic carbocycles. The Morgan fingerprint density at radius 3 is 2.26 bits per heavy atom. The fourth-order valence-electron chi connectivity index (χ4n) is 3.38. The Kier molecular flexibility index (Phi) is 4.51. The largest absolute Gasteiger partial charge is 0.340 e. The van der Waals surface area contributed by atoms with Crippen LogP contribution in [0.3, 0.4) is 0 Å². The van der Waals surface area contributed by atoms with Gasteiger partial charge in [-0.1, -0.05) is 12.8 Å². The predicted octanol–water partition coefficient (Wildman–Crippen LogP) is 1.92. The molecule has 0 N–H and O–H groups in total. The zero-order valence-corrected chi connectivity index (χ0v) is 14.7. The molecule has 2 aliphatic rings. The highest BCUT2D eigenvalue weighted by Crippen LogP contribution is 2.25. The van der Waals surface area contributed by atoms with E-state index < -0.39 is 10.0 Å². The summed E-state index contributed by atoms with van der Waals surface area (Å²) in [5.74, 6) is -0.0800. The van der Waals surface area contributed by atoms with Crippen LogP contribution in [0.5, 0.6) is 0 Å². The van der Waals surface area contributed by atoms with Crippen molar-refractivity contribution >= 4 is 15.9 Å². The van der Waals surface area contributed by atoms with E-state index in [0.29, 0.717) is 31.9 Å². The molecular weight excluding hydrogens is 314 g/mol. The summed E-state index contributed by atoms with van der Waals surface area (Å²) in [6.07, 6.45) is 5.62. The van der Waals surface area contributed by atoms with E-state index in [1.165, 1.54) is 0 Å². The number of carbonyl (C=O) groups excluding carboxylic acids is 1. The van der Waals surface area contributed by atoms with Crippen molar-refractivity contribution < 1.29 is 13.2 Å². The Labute approximate surface area is 138 Å². The lowest BCUT2D eigenvalue weighted by Crippen LogP contribution is -2.43. The van der Waals surface area contributed by atoms with Crippen LogP contribution >= 0.6 is 0 Å². The second kappa shape index (κ2) is 6.28. The van der Waals surface area contributed by atoms with E-state index in [2.05, 4.69) is 0 Å². The lowest BCUT2D eigenvalue weighted by Gasteiger charge is -2.31. The van der Waals surface area contributed by atoms with Crippen molar-refractivity contribution in [3.63, 3.8) is 0 Å². The van der Waals surface area contributed by atoms with Crippen molar-refractivity contribution in [1.82, 2.24) is 13.8 Å². The molecule has 0 spiro atoms. The second-order valence-electron chi connectivity index (χ2n) is 6.67. The molecule has 0 atom stereocenters. The quantitative estimate of drug-likeness (QED) is 0.845. The summed E-state index contributed by atoms with van der Waals surface area (Å²) in [6, 6.07) is 1.67. The molecule has 2 aliphatic heterocycles. The molecule has 6 nitrogen and oxygen atoms in total. The van der Waals surface area contributed by atoms with E-state index in [0.717, 1.165) is 25.7 Å². The van der Waals surface area contributed by atoms with Gasteiger partial charge in [-0.3, -0.25) is 4.79 Å². The third-order valence-electron chi connectivity index (χ3n) is 4.76. The number of rotatable bonds is 3. The van der Waals surface area contributed by atoms with Gasteiger partial charge in [0, 0.05) is 38.4 Å². The zero-order chi connectivity index (χ0) is 16.6. The molecule has 0 bridgehead atoms. The number of hydrogen-bond donors (Lipinski definition) is 0. The van der Waals surface area contributed by atoms with Gasteiger partial charge in [0.05, 0.1) is 0 Å². The fraction of sp³-hybridized carbons (Fsp3) is 0.688. The maximum Gasteiger partial charge on any atom is 0.270 e. The normalized spacial score (nSPS) is 20.7. The molecule has 3 heterocycles. The molecule has 1 fully saturated rings. The highest BCUT2D eigenvalue weighted by Gasteiger charge is 2.32. The van der Waals surface area contributed by atoms with Gasteiger partial charge < -0.3 is 9.47 Å². The lowest BCUT2D eigenvalue weighted by atomic mass is 10.2. The van der Waals surface area contributed by atoms with Crippen LogP contribution in [0.2, 0.25) is 0 Å². The van der Waals surface area contributed by atoms with E-state index in [1.807, 2.05) is 13.8 Å². The van der Waals surface area contributed by atoms with Crippen molar-refractivity contribution in [1.29, 1.82) is 0 Å². The smallest absolute Gasteiger partial charge is 0.270 e. The minimum Gasteiger partial charge on any atom is -0.340 e. The number of hydrogen-bond acceptors (Lipinski definition) is 3. The van der Waals surface area contributed by atoms with Crippen molar-refractivity contribution in [2.75, 3.05) is 19.6 Å². The van der Waals surface area contributed by atoms with Gasteiger partial charge in [-0.25, -0.2) is 8.42 Å². The van der Waals surface area contributed by atoms with Crippen molar-refractivity contribution in [2.45, 2.75) is 57.0 Å². The average molecular weight is 339 g/mol. The summed E-state index contributed by atoms with van der Waals surface area (Å²) >= 11 is 0. The summed E-state index contributed by atoms with van der Waals surface area (Å²) in [7, 11) is -3.50. The molecule has 0 unspecified atom stereocenters. The number of nitrogens with zero attached hydrogens (tertiary/aromatic N) is 3. The molecule has 3 rings (SSSR count). The number of sulfonamides is 1. The lowest BCUT2D eigenvalue weighted by molar-refractivity contribution is 0.0649. The SMILES string of the molecule is CC(C)N1CCn2cc(S(=O)(=O)N3CCCCCC3)cc2C1=O. The molecule has 128 valence electrons. The van der Waals surface area contributed by atoms with Crippen LogP contribution in [-0.2, 0) is 16.6 Å². The maximum absolute atomic E-state index is 12.9. The fourth-order valence-corrected chi connectivity index (χ4v) is 4.93. The number of carbonyl (C=O) groups is 1. The van der Waals surface area contributed by atoms with E-state index in [4.69, 9.17) is 0 Å². The maximum atomic E-state index is 12.9. The number of amides is 1. The van der Waals surface area contributed by atoms with E-state index in [1.54, 1.807) is 26.0 Å². The molecule has 1 aromatic rings. The summed E-state index contributed by atoms with van der Waals surface area (Å²) in [5.41, 5.74) is 0.485. The van der Waals surface area contributed by atoms with Gasteiger partial charge in [0.2, 0.25) is 10.0 Å². The highest BCUT2D eigenvalue weighted by atomic mass is 32.2. The Morgan fingerprint density at radius 2 is 1.65 bits per heavy atom. The zero-order valence-electron chi connectivity index (χ0n) is 13.9. The van der Waals surface area contributed by atoms with Crippen LogP contribution in [-0.4, -0.2) is 53.8 Å². The molecule has 0 aromatic carbocycles. The Hall–Kier alpha value is -1.34. The first kappa shape index (κ1) is 16.5. The minimum absolute atomic E-state index is 0.0800. The molecule has 0 radical (unpaired) electrons. The van der Waals surface area contributed by atoms with Gasteiger partial charge in [0.25, 0.3) is 5.91 Å². The predicted molar refractivity (Wildman–Crippen MR) is 87.8 cm³/mol. The van der Waals surface area contributed by atoms with Crippen LogP contribution < -0.4 is 0 Å². The summed E-state index contributed by atoms with van der Waals surface area (Å²) in [5, 5.41) is 0. The highest BCUT2D eigenvalue weighted by molar-refractivity contribution is 7.89. The standard InChI is InChI=1S/C16H25N3O3S/c1-13(2)19-10-9-17-12-14(11-15(17)16(19)20)23(21,22)18-7-5-3-4-6-8-18/h11-13H,3-10H2,1-2H3. The van der Waals surface area contributed by atoms with E-state index in [9.17, 15) is 13.2 Å². The Bertz CT molecular complexity index is 685. The topological polar surface area (TPSA) is 62.6 Å². The first-order valence-corrected chi connectivity index (χ1v) is 9.86. The number of fused-ring (bicyclic) bond motifs is 1. The van der Waals surface area contributed by atoms with Crippen LogP contribution in [0.15, 0.2) is 17.2 Å². The van der Waals surface area contributed by atoms with Gasteiger partial charge in [-0.2, -0.15) is 4.31 Å².